The Balaban J connectivity index is 1.38. The fraction of sp³-hybridized carbons (Fsp3) is 0.588. The predicted molar refractivity (Wildman–Crippen MR) is 87.2 cm³/mol. The van der Waals surface area contributed by atoms with Gasteiger partial charge in [0.2, 0.25) is 11.8 Å². The number of hydrogen-bond acceptors (Lipinski definition) is 6. The highest BCUT2D eigenvalue weighted by Gasteiger charge is 2.39. The van der Waals surface area contributed by atoms with Gasteiger partial charge in [-0.15, -0.1) is 12.3 Å². The molecule has 1 fully saturated rings. The highest BCUT2D eigenvalue weighted by atomic mass is 16.5. The Morgan fingerprint density at radius 3 is 2.75 bits per heavy atom. The average Bonchev–Trinajstić information content (AvgIpc) is 3.40. The molecular formula is C17H21N5O2. The van der Waals surface area contributed by atoms with E-state index in [4.69, 9.17) is 11.2 Å². The van der Waals surface area contributed by atoms with E-state index in [1.165, 1.54) is 0 Å². The van der Waals surface area contributed by atoms with E-state index >= 15 is 0 Å². The first-order valence-electron chi connectivity index (χ1n) is 8.29. The minimum absolute atomic E-state index is 0.0844. The summed E-state index contributed by atoms with van der Waals surface area (Å²) in [5, 5.41) is 8.15. The van der Waals surface area contributed by atoms with Gasteiger partial charge in [-0.1, -0.05) is 0 Å². The van der Waals surface area contributed by atoms with Crippen LogP contribution >= 0.6 is 0 Å². The zero-order chi connectivity index (χ0) is 16.8. The standard InChI is InChI=1S/C17H21N5O2/c1-2-3-7-17(20-21-17)8-4-16(23)22-11-5-14(6-12-22)24-15-13-18-9-10-19-15/h1,9-10,13-14H,3-8,11-12H2. The van der Waals surface area contributed by atoms with Crippen molar-refractivity contribution in [1.82, 2.24) is 14.9 Å². The van der Waals surface area contributed by atoms with Crippen molar-refractivity contribution >= 4 is 5.91 Å². The van der Waals surface area contributed by atoms with Gasteiger partial charge in [-0.2, -0.15) is 10.2 Å². The van der Waals surface area contributed by atoms with Gasteiger partial charge in [0.05, 0.1) is 6.20 Å². The van der Waals surface area contributed by atoms with Crippen molar-refractivity contribution in [2.24, 2.45) is 10.2 Å². The second-order valence-corrected chi connectivity index (χ2v) is 6.13. The Morgan fingerprint density at radius 1 is 1.33 bits per heavy atom. The molecule has 1 amide bonds. The van der Waals surface area contributed by atoms with E-state index in [-0.39, 0.29) is 17.7 Å². The number of carbonyl (C=O) groups excluding carboxylic acids is 1. The Hall–Kier alpha value is -2.49. The van der Waals surface area contributed by atoms with Crippen molar-refractivity contribution in [3.8, 4) is 18.2 Å². The lowest BCUT2D eigenvalue weighted by Gasteiger charge is -2.32. The maximum atomic E-state index is 12.4. The molecule has 0 spiro atoms. The van der Waals surface area contributed by atoms with Gasteiger partial charge in [-0.05, 0) is 0 Å². The molecule has 0 unspecified atom stereocenters. The van der Waals surface area contributed by atoms with Crippen molar-refractivity contribution in [2.75, 3.05) is 13.1 Å². The van der Waals surface area contributed by atoms with Gasteiger partial charge < -0.3 is 9.64 Å². The Kier molecular flexibility index (Phi) is 5.04. The van der Waals surface area contributed by atoms with Crippen molar-refractivity contribution in [3.63, 3.8) is 0 Å². The highest BCUT2D eigenvalue weighted by Crippen LogP contribution is 2.37. The molecule has 0 radical (unpaired) electrons. The van der Waals surface area contributed by atoms with Gasteiger partial charge >= 0.3 is 0 Å². The molecule has 7 heteroatoms. The SMILES string of the molecule is C#CCCC1(CCC(=O)N2CCC(Oc3cnccn3)CC2)N=N1. The van der Waals surface area contributed by atoms with E-state index in [9.17, 15) is 4.79 Å². The second kappa shape index (κ2) is 7.39. The van der Waals surface area contributed by atoms with Crippen molar-refractivity contribution in [2.45, 2.75) is 50.3 Å². The fourth-order valence-corrected chi connectivity index (χ4v) is 2.87. The molecule has 2 aliphatic heterocycles. The zero-order valence-corrected chi connectivity index (χ0v) is 13.6. The van der Waals surface area contributed by atoms with Crippen LogP contribution < -0.4 is 4.74 Å². The highest BCUT2D eigenvalue weighted by molar-refractivity contribution is 5.76. The number of ether oxygens (including phenoxy) is 1. The molecular weight excluding hydrogens is 306 g/mol. The molecule has 24 heavy (non-hydrogen) atoms. The van der Waals surface area contributed by atoms with Crippen molar-refractivity contribution in [1.29, 1.82) is 0 Å². The van der Waals surface area contributed by atoms with Crippen LogP contribution in [0.2, 0.25) is 0 Å². The van der Waals surface area contributed by atoms with Gasteiger partial charge in [0.25, 0.3) is 0 Å². The van der Waals surface area contributed by atoms with E-state index in [0.717, 1.165) is 19.3 Å². The normalized spacial score (nSPS) is 18.9. The van der Waals surface area contributed by atoms with Crippen LogP contribution in [0.3, 0.4) is 0 Å². The van der Waals surface area contributed by atoms with Crippen LogP contribution in [0.4, 0.5) is 0 Å². The van der Waals surface area contributed by atoms with Crippen molar-refractivity contribution < 1.29 is 9.53 Å². The molecule has 3 rings (SSSR count). The minimum atomic E-state index is -0.380. The van der Waals surface area contributed by atoms with Gasteiger partial charge in [0.1, 0.15) is 6.10 Å². The molecule has 0 aromatic carbocycles. The lowest BCUT2D eigenvalue weighted by atomic mass is 10.0. The smallest absolute Gasteiger partial charge is 0.232 e. The summed E-state index contributed by atoms with van der Waals surface area (Å²) >= 11 is 0. The van der Waals surface area contributed by atoms with Crippen LogP contribution in [-0.4, -0.2) is 45.6 Å². The molecule has 3 heterocycles. The summed E-state index contributed by atoms with van der Waals surface area (Å²) < 4.78 is 5.79. The number of amides is 1. The number of rotatable bonds is 7. The van der Waals surface area contributed by atoms with Crippen LogP contribution in [0.1, 0.15) is 38.5 Å². The van der Waals surface area contributed by atoms with E-state index in [2.05, 4.69) is 26.1 Å². The number of nitrogens with zero attached hydrogens (tertiary/aromatic N) is 5. The van der Waals surface area contributed by atoms with Crippen LogP contribution in [0.15, 0.2) is 28.8 Å². The number of likely N-dealkylation sites (tertiary alicyclic amines) is 1. The van der Waals surface area contributed by atoms with E-state index < -0.39 is 0 Å². The molecule has 0 bridgehead atoms. The second-order valence-electron chi connectivity index (χ2n) is 6.13. The van der Waals surface area contributed by atoms with Gasteiger partial charge in [-0.3, -0.25) is 9.78 Å². The minimum Gasteiger partial charge on any atom is -0.473 e. The summed E-state index contributed by atoms with van der Waals surface area (Å²) in [6.45, 7) is 1.41. The van der Waals surface area contributed by atoms with Crippen LogP contribution in [-0.2, 0) is 4.79 Å². The van der Waals surface area contributed by atoms with Crippen LogP contribution in [0, 0.1) is 12.3 Å². The molecule has 126 valence electrons. The van der Waals surface area contributed by atoms with Crippen molar-refractivity contribution in [3.05, 3.63) is 18.6 Å². The van der Waals surface area contributed by atoms with Gasteiger partial charge in [-0.25, -0.2) is 4.98 Å². The zero-order valence-electron chi connectivity index (χ0n) is 13.6. The lowest BCUT2D eigenvalue weighted by Crippen LogP contribution is -2.42. The Labute approximate surface area is 141 Å². The molecule has 0 aliphatic carbocycles. The monoisotopic (exact) mass is 327 g/mol. The topological polar surface area (TPSA) is 80.0 Å². The molecule has 0 atom stereocenters. The third-order valence-electron chi connectivity index (χ3n) is 4.41. The lowest BCUT2D eigenvalue weighted by molar-refractivity contribution is -0.133. The molecule has 1 aromatic rings. The fourth-order valence-electron chi connectivity index (χ4n) is 2.87. The van der Waals surface area contributed by atoms with E-state index in [1.807, 2.05) is 4.90 Å². The summed E-state index contributed by atoms with van der Waals surface area (Å²) in [4.78, 5) is 22.3. The first-order chi connectivity index (χ1) is 11.7. The molecule has 7 nitrogen and oxygen atoms in total. The summed E-state index contributed by atoms with van der Waals surface area (Å²) in [7, 11) is 0. The quantitative estimate of drug-likeness (QED) is 0.719. The first-order valence-corrected chi connectivity index (χ1v) is 8.29. The number of piperidine rings is 1. The Bertz CT molecular complexity index is 626. The largest absolute Gasteiger partial charge is 0.473 e. The molecule has 1 aromatic heterocycles. The Morgan fingerprint density at radius 2 is 2.12 bits per heavy atom. The number of terminal acetylenes is 1. The number of hydrogen-bond donors (Lipinski definition) is 0. The molecule has 1 saturated heterocycles. The maximum absolute atomic E-state index is 12.4. The van der Waals surface area contributed by atoms with Gasteiger partial charge in [0.15, 0.2) is 5.66 Å². The average molecular weight is 327 g/mol. The summed E-state index contributed by atoms with van der Waals surface area (Å²) in [6.07, 6.45) is 14.3. The number of aromatic nitrogens is 2. The maximum Gasteiger partial charge on any atom is 0.232 e. The van der Waals surface area contributed by atoms with Crippen LogP contribution in [0.5, 0.6) is 5.88 Å². The molecule has 2 aliphatic rings. The summed E-state index contributed by atoms with van der Waals surface area (Å²) in [5.41, 5.74) is -0.380. The third-order valence-corrected chi connectivity index (χ3v) is 4.41. The molecule has 0 N–H and O–H groups in total. The first kappa shape index (κ1) is 16.4. The predicted octanol–water partition coefficient (Wildman–Crippen LogP) is 2.20. The van der Waals surface area contributed by atoms with E-state index in [1.54, 1.807) is 18.6 Å². The van der Waals surface area contributed by atoms with Crippen LogP contribution in [0.25, 0.3) is 0 Å². The third kappa shape index (κ3) is 4.28. The summed E-state index contributed by atoms with van der Waals surface area (Å²) in [5.74, 6) is 3.30. The number of carbonyl (C=O) groups is 1. The van der Waals surface area contributed by atoms with E-state index in [0.29, 0.717) is 38.2 Å². The molecule has 0 saturated carbocycles. The summed E-state index contributed by atoms with van der Waals surface area (Å²) in [6, 6.07) is 0. The van der Waals surface area contributed by atoms with Gasteiger partial charge in [0, 0.05) is 64.0 Å².